The van der Waals surface area contributed by atoms with E-state index in [0.717, 1.165) is 18.0 Å². The largest absolute Gasteiger partial charge is 0.341 e. The highest BCUT2D eigenvalue weighted by molar-refractivity contribution is 7.99. The van der Waals surface area contributed by atoms with Gasteiger partial charge >= 0.3 is 0 Å². The van der Waals surface area contributed by atoms with Crippen molar-refractivity contribution in [2.45, 2.75) is 30.8 Å². The number of anilines is 1. The number of aryl methyl sites for hydroxylation is 1. The van der Waals surface area contributed by atoms with Gasteiger partial charge in [0.15, 0.2) is 5.16 Å². The molecule has 0 radical (unpaired) electrons. The molecule has 0 saturated heterocycles. The minimum atomic E-state index is 0.234. The Bertz CT molecular complexity index is 587. The topological polar surface area (TPSA) is 41.9 Å². The second-order valence-corrected chi connectivity index (χ2v) is 5.57. The van der Waals surface area contributed by atoms with E-state index in [2.05, 4.69) is 52.8 Å². The summed E-state index contributed by atoms with van der Waals surface area (Å²) in [5.74, 6) is 0.631. The Balaban J connectivity index is 2.31. The van der Waals surface area contributed by atoms with Crippen molar-refractivity contribution in [1.29, 1.82) is 0 Å². The van der Waals surface area contributed by atoms with Crippen LogP contribution in [-0.2, 0) is 0 Å². The lowest BCUT2D eigenvalue weighted by Gasteiger charge is -2.18. The molecule has 0 saturated carbocycles. The maximum absolute atomic E-state index is 6.01. The van der Waals surface area contributed by atoms with E-state index in [0.29, 0.717) is 11.1 Å². The molecular formula is C14H17ClN4S. The summed E-state index contributed by atoms with van der Waals surface area (Å²) in [5.41, 5.74) is 1.19. The molecule has 2 aromatic rings. The molecule has 2 rings (SSSR count). The minimum Gasteiger partial charge on any atom is -0.341 e. The third-order valence-electron chi connectivity index (χ3n) is 2.92. The van der Waals surface area contributed by atoms with Gasteiger partial charge in [0.1, 0.15) is 0 Å². The summed E-state index contributed by atoms with van der Waals surface area (Å²) in [5, 5.41) is 0.860. The molecule has 0 aliphatic carbocycles. The molecule has 20 heavy (non-hydrogen) atoms. The van der Waals surface area contributed by atoms with Gasteiger partial charge in [-0.15, -0.1) is 0 Å². The molecule has 0 N–H and O–H groups in total. The third-order valence-corrected chi connectivity index (χ3v) is 4.13. The highest BCUT2D eigenvalue weighted by Gasteiger charge is 2.11. The van der Waals surface area contributed by atoms with Crippen LogP contribution in [-0.4, -0.2) is 28.0 Å². The Morgan fingerprint density at radius 1 is 1.10 bits per heavy atom. The molecule has 0 unspecified atom stereocenters. The number of nitrogens with zero attached hydrogens (tertiary/aromatic N) is 4. The van der Waals surface area contributed by atoms with Crippen molar-refractivity contribution in [3.63, 3.8) is 0 Å². The Morgan fingerprint density at radius 3 is 2.45 bits per heavy atom. The standard InChI is InChI=1S/C14H17ClN4S/c1-4-19(5-2)13-16-12(15)17-14(18-13)20-11-9-7-6-8-10(11)3/h6-9H,4-5H2,1-3H3. The first-order valence-corrected chi connectivity index (χ1v) is 7.73. The summed E-state index contributed by atoms with van der Waals surface area (Å²) in [7, 11) is 0. The molecule has 1 aromatic heterocycles. The highest BCUT2D eigenvalue weighted by atomic mass is 35.5. The lowest BCUT2D eigenvalue weighted by atomic mass is 10.2. The fraction of sp³-hybridized carbons (Fsp3) is 0.357. The summed E-state index contributed by atoms with van der Waals surface area (Å²) >= 11 is 7.52. The molecule has 0 bridgehead atoms. The maximum Gasteiger partial charge on any atom is 0.230 e. The quantitative estimate of drug-likeness (QED) is 0.839. The summed E-state index contributed by atoms with van der Waals surface area (Å²) in [6.45, 7) is 7.87. The van der Waals surface area contributed by atoms with Gasteiger partial charge in [-0.25, -0.2) is 0 Å². The molecule has 106 valence electrons. The van der Waals surface area contributed by atoms with Gasteiger partial charge in [-0.3, -0.25) is 0 Å². The SMILES string of the molecule is CCN(CC)c1nc(Cl)nc(Sc2ccccc2C)n1. The second-order valence-electron chi connectivity index (χ2n) is 4.23. The van der Waals surface area contributed by atoms with Crippen molar-refractivity contribution in [2.24, 2.45) is 0 Å². The Morgan fingerprint density at radius 2 is 1.80 bits per heavy atom. The van der Waals surface area contributed by atoms with Crippen molar-refractivity contribution in [1.82, 2.24) is 15.0 Å². The molecular weight excluding hydrogens is 292 g/mol. The van der Waals surface area contributed by atoms with Gasteiger partial charge in [-0.2, -0.15) is 15.0 Å². The zero-order valence-electron chi connectivity index (χ0n) is 11.8. The molecule has 1 heterocycles. The number of aromatic nitrogens is 3. The van der Waals surface area contributed by atoms with Crippen LogP contribution >= 0.6 is 23.4 Å². The average Bonchev–Trinajstić information content (AvgIpc) is 2.42. The summed E-state index contributed by atoms with van der Waals surface area (Å²) in [4.78, 5) is 16.1. The Kier molecular flexibility index (Phi) is 5.20. The first-order valence-electron chi connectivity index (χ1n) is 6.54. The molecule has 0 atom stereocenters. The molecule has 6 heteroatoms. The van der Waals surface area contributed by atoms with E-state index >= 15 is 0 Å². The maximum atomic E-state index is 6.01. The number of halogens is 1. The predicted octanol–water partition coefficient (Wildman–Crippen LogP) is 3.83. The summed E-state index contributed by atoms with van der Waals surface area (Å²) in [6.07, 6.45) is 0. The van der Waals surface area contributed by atoms with Gasteiger partial charge in [0, 0.05) is 18.0 Å². The second kappa shape index (κ2) is 6.90. The van der Waals surface area contributed by atoms with E-state index in [1.54, 1.807) is 0 Å². The van der Waals surface area contributed by atoms with Crippen molar-refractivity contribution in [3.05, 3.63) is 35.1 Å². The van der Waals surface area contributed by atoms with E-state index in [4.69, 9.17) is 11.6 Å². The minimum absolute atomic E-state index is 0.234. The van der Waals surface area contributed by atoms with Gasteiger partial charge in [0.05, 0.1) is 0 Å². The summed E-state index contributed by atoms with van der Waals surface area (Å²) < 4.78 is 0. The van der Waals surface area contributed by atoms with Crippen LogP contribution in [0.15, 0.2) is 34.3 Å². The summed E-state index contributed by atoms with van der Waals surface area (Å²) in [6, 6.07) is 8.13. The van der Waals surface area contributed by atoms with Crippen molar-refractivity contribution in [3.8, 4) is 0 Å². The zero-order chi connectivity index (χ0) is 14.5. The van der Waals surface area contributed by atoms with Crippen LogP contribution in [0, 0.1) is 6.92 Å². The molecule has 4 nitrogen and oxygen atoms in total. The van der Waals surface area contributed by atoms with E-state index in [1.807, 2.05) is 12.1 Å². The molecule has 1 aromatic carbocycles. The number of hydrogen-bond acceptors (Lipinski definition) is 5. The lowest BCUT2D eigenvalue weighted by Crippen LogP contribution is -2.24. The molecule has 0 aliphatic rings. The number of benzene rings is 1. The Labute approximate surface area is 128 Å². The molecule has 0 aliphatic heterocycles. The normalized spacial score (nSPS) is 10.6. The average molecular weight is 309 g/mol. The van der Waals surface area contributed by atoms with Gasteiger partial charge < -0.3 is 4.90 Å². The van der Waals surface area contributed by atoms with Crippen LogP contribution < -0.4 is 4.90 Å². The zero-order valence-corrected chi connectivity index (χ0v) is 13.4. The third kappa shape index (κ3) is 3.61. The Hall–Kier alpha value is -1.33. The number of hydrogen-bond donors (Lipinski definition) is 0. The van der Waals surface area contributed by atoms with Crippen molar-refractivity contribution in [2.75, 3.05) is 18.0 Å². The fourth-order valence-corrected chi connectivity index (χ4v) is 2.82. The van der Waals surface area contributed by atoms with Gasteiger partial charge in [-0.05, 0) is 55.8 Å². The van der Waals surface area contributed by atoms with Crippen LogP contribution in [0.25, 0.3) is 0 Å². The van der Waals surface area contributed by atoms with Crippen LogP contribution in [0.5, 0.6) is 0 Å². The van der Waals surface area contributed by atoms with Gasteiger partial charge in [0.2, 0.25) is 11.2 Å². The van der Waals surface area contributed by atoms with Crippen LogP contribution in [0.1, 0.15) is 19.4 Å². The van der Waals surface area contributed by atoms with Gasteiger partial charge in [-0.1, -0.05) is 18.2 Å². The monoisotopic (exact) mass is 308 g/mol. The molecule has 0 amide bonds. The lowest BCUT2D eigenvalue weighted by molar-refractivity contribution is 0.782. The number of rotatable bonds is 5. The fourth-order valence-electron chi connectivity index (χ4n) is 1.78. The first kappa shape index (κ1) is 15.1. The van der Waals surface area contributed by atoms with E-state index in [9.17, 15) is 0 Å². The van der Waals surface area contributed by atoms with E-state index in [1.165, 1.54) is 17.3 Å². The van der Waals surface area contributed by atoms with Gasteiger partial charge in [0.25, 0.3) is 0 Å². The molecule has 0 spiro atoms. The van der Waals surface area contributed by atoms with E-state index in [-0.39, 0.29) is 5.28 Å². The highest BCUT2D eigenvalue weighted by Crippen LogP contribution is 2.28. The van der Waals surface area contributed by atoms with Crippen LogP contribution in [0.2, 0.25) is 5.28 Å². The van der Waals surface area contributed by atoms with Crippen molar-refractivity contribution < 1.29 is 0 Å². The molecule has 0 fully saturated rings. The predicted molar refractivity (Wildman–Crippen MR) is 83.7 cm³/mol. The van der Waals surface area contributed by atoms with E-state index < -0.39 is 0 Å². The van der Waals surface area contributed by atoms with Crippen LogP contribution in [0.4, 0.5) is 5.95 Å². The smallest absolute Gasteiger partial charge is 0.230 e. The van der Waals surface area contributed by atoms with Crippen LogP contribution in [0.3, 0.4) is 0 Å². The van der Waals surface area contributed by atoms with Crippen molar-refractivity contribution >= 4 is 29.3 Å². The first-order chi connectivity index (χ1) is 9.63.